The number of benzene rings is 2. The smallest absolute Gasteiger partial charge is 0.158 e. The van der Waals surface area contributed by atoms with Gasteiger partial charge in [0.05, 0.1) is 0 Å². The highest BCUT2D eigenvalue weighted by Gasteiger charge is 2.13. The fraction of sp³-hybridized carbons (Fsp3) is 0.200. The van der Waals surface area contributed by atoms with E-state index in [9.17, 15) is 15.3 Å². The second kappa shape index (κ2) is 4.26. The Morgan fingerprint density at radius 3 is 2.06 bits per heavy atom. The van der Waals surface area contributed by atoms with Gasteiger partial charge in [-0.3, -0.25) is 0 Å². The predicted octanol–water partition coefficient (Wildman–Crippen LogP) is 3.40. The van der Waals surface area contributed by atoms with Gasteiger partial charge in [-0.2, -0.15) is 0 Å². The SMILES string of the molecule is Cc1cc(C)c(-c2ccc(O)c(O)c2)c(O)c1C. The normalized spacial score (nSPS) is 10.6. The minimum absolute atomic E-state index is 0.167. The second-order valence-electron chi connectivity index (χ2n) is 4.56. The molecule has 0 radical (unpaired) electrons. The maximum atomic E-state index is 10.2. The molecule has 0 aliphatic rings. The lowest BCUT2D eigenvalue weighted by Crippen LogP contribution is -1.91. The Bertz CT molecular complexity index is 616. The molecule has 0 saturated heterocycles. The quantitative estimate of drug-likeness (QED) is 0.674. The van der Waals surface area contributed by atoms with E-state index in [2.05, 4.69) is 0 Å². The van der Waals surface area contributed by atoms with E-state index >= 15 is 0 Å². The Labute approximate surface area is 106 Å². The maximum Gasteiger partial charge on any atom is 0.158 e. The van der Waals surface area contributed by atoms with Crippen molar-refractivity contribution in [2.45, 2.75) is 20.8 Å². The van der Waals surface area contributed by atoms with E-state index in [0.717, 1.165) is 16.7 Å². The fourth-order valence-corrected chi connectivity index (χ4v) is 2.11. The van der Waals surface area contributed by atoms with Crippen molar-refractivity contribution in [3.8, 4) is 28.4 Å². The van der Waals surface area contributed by atoms with Gasteiger partial charge in [0.15, 0.2) is 11.5 Å². The Balaban J connectivity index is 2.71. The van der Waals surface area contributed by atoms with Crippen molar-refractivity contribution >= 4 is 0 Å². The van der Waals surface area contributed by atoms with Gasteiger partial charge >= 0.3 is 0 Å². The molecule has 0 amide bonds. The molecule has 0 saturated carbocycles. The first kappa shape index (κ1) is 12.3. The Hall–Kier alpha value is -2.16. The highest BCUT2D eigenvalue weighted by Crippen LogP contribution is 2.39. The van der Waals surface area contributed by atoms with Crippen LogP contribution in [0.5, 0.6) is 17.2 Å². The second-order valence-corrected chi connectivity index (χ2v) is 4.56. The molecule has 0 atom stereocenters. The Morgan fingerprint density at radius 2 is 1.44 bits per heavy atom. The van der Waals surface area contributed by atoms with Crippen LogP contribution in [0.3, 0.4) is 0 Å². The molecule has 0 heterocycles. The molecule has 3 N–H and O–H groups in total. The zero-order valence-corrected chi connectivity index (χ0v) is 10.7. The lowest BCUT2D eigenvalue weighted by atomic mass is 9.94. The number of hydrogen-bond donors (Lipinski definition) is 3. The van der Waals surface area contributed by atoms with Crippen LogP contribution < -0.4 is 0 Å². The van der Waals surface area contributed by atoms with Gasteiger partial charge in [0.1, 0.15) is 5.75 Å². The summed E-state index contributed by atoms with van der Waals surface area (Å²) in [5.74, 6) is -0.137. The monoisotopic (exact) mass is 244 g/mol. The Kier molecular flexibility index (Phi) is 2.91. The van der Waals surface area contributed by atoms with Crippen LogP contribution in [0.2, 0.25) is 0 Å². The van der Waals surface area contributed by atoms with E-state index in [1.807, 2.05) is 26.8 Å². The molecule has 0 aliphatic heterocycles. The first-order valence-corrected chi connectivity index (χ1v) is 5.74. The van der Waals surface area contributed by atoms with Crippen LogP contribution in [0.1, 0.15) is 16.7 Å². The summed E-state index contributed by atoms with van der Waals surface area (Å²) in [7, 11) is 0. The van der Waals surface area contributed by atoms with Crippen LogP contribution >= 0.6 is 0 Å². The molecule has 0 unspecified atom stereocenters. The largest absolute Gasteiger partial charge is 0.507 e. The summed E-state index contributed by atoms with van der Waals surface area (Å²) in [4.78, 5) is 0. The van der Waals surface area contributed by atoms with E-state index in [-0.39, 0.29) is 17.2 Å². The summed E-state index contributed by atoms with van der Waals surface area (Å²) < 4.78 is 0. The lowest BCUT2D eigenvalue weighted by molar-refractivity contribution is 0.404. The third kappa shape index (κ3) is 1.88. The number of phenols is 3. The van der Waals surface area contributed by atoms with Crippen molar-refractivity contribution in [1.82, 2.24) is 0 Å². The summed E-state index contributed by atoms with van der Waals surface area (Å²) in [6, 6.07) is 6.53. The van der Waals surface area contributed by atoms with Gasteiger partial charge in [0.2, 0.25) is 0 Å². The highest BCUT2D eigenvalue weighted by molar-refractivity contribution is 5.77. The van der Waals surface area contributed by atoms with Gasteiger partial charge in [-0.15, -0.1) is 0 Å². The molecule has 18 heavy (non-hydrogen) atoms. The van der Waals surface area contributed by atoms with Crippen LogP contribution in [0.15, 0.2) is 24.3 Å². The molecule has 2 rings (SSSR count). The molecule has 2 aromatic carbocycles. The van der Waals surface area contributed by atoms with Gasteiger partial charge in [-0.25, -0.2) is 0 Å². The minimum atomic E-state index is -0.190. The third-order valence-electron chi connectivity index (χ3n) is 3.27. The molecule has 0 spiro atoms. The highest BCUT2D eigenvalue weighted by atomic mass is 16.3. The molecular formula is C15H16O3. The number of aryl methyl sites for hydroxylation is 2. The summed E-state index contributed by atoms with van der Waals surface area (Å²) in [6.07, 6.45) is 0. The molecule has 3 heteroatoms. The summed E-state index contributed by atoms with van der Waals surface area (Å²) in [6.45, 7) is 5.71. The van der Waals surface area contributed by atoms with Crippen molar-refractivity contribution in [2.75, 3.05) is 0 Å². The van der Waals surface area contributed by atoms with Crippen LogP contribution in [0, 0.1) is 20.8 Å². The van der Waals surface area contributed by atoms with Crippen molar-refractivity contribution in [2.24, 2.45) is 0 Å². The van der Waals surface area contributed by atoms with Crippen molar-refractivity contribution in [3.63, 3.8) is 0 Å². The first-order chi connectivity index (χ1) is 8.41. The molecular weight excluding hydrogens is 228 g/mol. The number of aromatic hydroxyl groups is 3. The predicted molar refractivity (Wildman–Crippen MR) is 71.1 cm³/mol. The summed E-state index contributed by atoms with van der Waals surface area (Å²) in [5, 5.41) is 29.1. The number of rotatable bonds is 1. The van der Waals surface area contributed by atoms with Gasteiger partial charge in [0, 0.05) is 5.56 Å². The molecule has 0 fully saturated rings. The average Bonchev–Trinajstić information content (AvgIpc) is 2.31. The molecule has 0 aromatic heterocycles. The standard InChI is InChI=1S/C15H16O3/c1-8-6-9(2)14(15(18)10(8)3)11-4-5-12(16)13(17)7-11/h4-7,16-18H,1-3H3. The van der Waals surface area contributed by atoms with Crippen molar-refractivity contribution < 1.29 is 15.3 Å². The van der Waals surface area contributed by atoms with Gasteiger partial charge in [-0.05, 0) is 55.2 Å². The van der Waals surface area contributed by atoms with Gasteiger partial charge in [0.25, 0.3) is 0 Å². The van der Waals surface area contributed by atoms with E-state index < -0.39 is 0 Å². The number of hydrogen-bond acceptors (Lipinski definition) is 3. The average molecular weight is 244 g/mol. The van der Waals surface area contributed by atoms with E-state index in [1.54, 1.807) is 6.07 Å². The fourth-order valence-electron chi connectivity index (χ4n) is 2.11. The van der Waals surface area contributed by atoms with Crippen LogP contribution in [-0.2, 0) is 0 Å². The topological polar surface area (TPSA) is 60.7 Å². The van der Waals surface area contributed by atoms with E-state index in [1.165, 1.54) is 12.1 Å². The Morgan fingerprint density at radius 1 is 0.778 bits per heavy atom. The van der Waals surface area contributed by atoms with E-state index in [0.29, 0.717) is 11.1 Å². The number of phenolic OH excluding ortho intramolecular Hbond substituents is 3. The first-order valence-electron chi connectivity index (χ1n) is 5.74. The van der Waals surface area contributed by atoms with Crippen molar-refractivity contribution in [3.05, 3.63) is 41.0 Å². The van der Waals surface area contributed by atoms with Crippen LogP contribution in [0.4, 0.5) is 0 Å². The summed E-state index contributed by atoms with van der Waals surface area (Å²) in [5.41, 5.74) is 4.15. The molecule has 94 valence electrons. The lowest BCUT2D eigenvalue weighted by Gasteiger charge is -2.14. The molecule has 2 aromatic rings. The minimum Gasteiger partial charge on any atom is -0.507 e. The molecule has 0 bridgehead atoms. The van der Waals surface area contributed by atoms with Gasteiger partial charge in [-0.1, -0.05) is 12.1 Å². The maximum absolute atomic E-state index is 10.2. The van der Waals surface area contributed by atoms with Gasteiger partial charge < -0.3 is 15.3 Å². The molecule has 3 nitrogen and oxygen atoms in total. The zero-order valence-electron chi connectivity index (χ0n) is 10.7. The van der Waals surface area contributed by atoms with Crippen molar-refractivity contribution in [1.29, 1.82) is 0 Å². The van der Waals surface area contributed by atoms with Crippen LogP contribution in [-0.4, -0.2) is 15.3 Å². The zero-order chi connectivity index (χ0) is 13.4. The molecule has 0 aliphatic carbocycles. The third-order valence-corrected chi connectivity index (χ3v) is 3.27. The summed E-state index contributed by atoms with van der Waals surface area (Å²) >= 11 is 0. The van der Waals surface area contributed by atoms with E-state index in [4.69, 9.17) is 0 Å². The van der Waals surface area contributed by atoms with Crippen LogP contribution in [0.25, 0.3) is 11.1 Å².